The van der Waals surface area contributed by atoms with Gasteiger partial charge in [-0.05, 0) is 31.0 Å². The van der Waals surface area contributed by atoms with Crippen LogP contribution < -0.4 is 14.8 Å². The molecule has 2 rings (SSSR count). The Balaban J connectivity index is 1.89. The van der Waals surface area contributed by atoms with E-state index in [2.05, 4.69) is 5.32 Å². The topological polar surface area (TPSA) is 125 Å². The summed E-state index contributed by atoms with van der Waals surface area (Å²) in [5.41, 5.74) is -1.08. The number of carbonyl (C=O) groups is 3. The van der Waals surface area contributed by atoms with E-state index in [4.69, 9.17) is 14.6 Å². The summed E-state index contributed by atoms with van der Waals surface area (Å²) in [5, 5.41) is 20.9. The molecule has 0 spiro atoms. The number of carboxylic acid groups (broad SMARTS) is 1. The van der Waals surface area contributed by atoms with Crippen molar-refractivity contribution < 1.29 is 34.1 Å². The summed E-state index contributed by atoms with van der Waals surface area (Å²) < 4.78 is 10.5. The van der Waals surface area contributed by atoms with E-state index in [0.29, 0.717) is 24.5 Å². The van der Waals surface area contributed by atoms with Crippen LogP contribution >= 0.6 is 0 Å². The number of amides is 2. The first kappa shape index (κ1) is 21.5. The lowest BCUT2D eigenvalue weighted by Gasteiger charge is -2.20. The summed E-state index contributed by atoms with van der Waals surface area (Å²) in [6, 6.07) is 5.53. The summed E-state index contributed by atoms with van der Waals surface area (Å²) >= 11 is 0. The number of aliphatic carboxylic acids is 1. The molecule has 1 aromatic carbocycles. The SMILES string of the molecule is COc1ccc(CCN2CC(C(=O)NCC(C)(O)C(=O)O)CC2=O)cc1OC. The zero-order chi connectivity index (χ0) is 20.9. The van der Waals surface area contributed by atoms with Gasteiger partial charge in [-0.15, -0.1) is 0 Å². The van der Waals surface area contributed by atoms with Gasteiger partial charge >= 0.3 is 5.97 Å². The molecule has 0 saturated carbocycles. The van der Waals surface area contributed by atoms with Crippen molar-refractivity contribution in [2.24, 2.45) is 5.92 Å². The fraction of sp³-hybridized carbons (Fsp3) is 0.526. The zero-order valence-corrected chi connectivity index (χ0v) is 16.2. The molecule has 0 aliphatic carbocycles. The lowest BCUT2D eigenvalue weighted by molar-refractivity contribution is -0.156. The number of benzene rings is 1. The van der Waals surface area contributed by atoms with Gasteiger partial charge in [0, 0.05) is 19.5 Å². The van der Waals surface area contributed by atoms with E-state index < -0.39 is 29.9 Å². The van der Waals surface area contributed by atoms with Crippen LogP contribution in [0.3, 0.4) is 0 Å². The summed E-state index contributed by atoms with van der Waals surface area (Å²) in [6.07, 6.45) is 0.654. The Bertz CT molecular complexity index is 748. The van der Waals surface area contributed by atoms with Gasteiger partial charge in [0.05, 0.1) is 26.7 Å². The third-order valence-electron chi connectivity index (χ3n) is 4.77. The predicted molar refractivity (Wildman–Crippen MR) is 99.2 cm³/mol. The standard InChI is InChI=1S/C19H26N2O7/c1-19(26,18(24)25)11-20-17(23)13-9-16(22)21(10-13)7-6-12-4-5-14(27-2)15(8-12)28-3/h4-5,8,13,26H,6-7,9-11H2,1-3H3,(H,20,23)(H,24,25). The minimum atomic E-state index is -2.05. The van der Waals surface area contributed by atoms with Gasteiger partial charge in [-0.3, -0.25) is 9.59 Å². The highest BCUT2D eigenvalue weighted by atomic mass is 16.5. The Morgan fingerprint density at radius 1 is 1.29 bits per heavy atom. The second-order valence-electron chi connectivity index (χ2n) is 6.98. The highest BCUT2D eigenvalue weighted by Gasteiger charge is 2.36. The molecule has 154 valence electrons. The number of hydrogen-bond donors (Lipinski definition) is 3. The van der Waals surface area contributed by atoms with E-state index in [0.717, 1.165) is 12.5 Å². The number of rotatable bonds is 9. The van der Waals surface area contributed by atoms with Crippen molar-refractivity contribution in [3.05, 3.63) is 23.8 Å². The van der Waals surface area contributed by atoms with Crippen molar-refractivity contribution in [3.63, 3.8) is 0 Å². The molecular formula is C19H26N2O7. The number of likely N-dealkylation sites (tertiary alicyclic amines) is 1. The molecule has 1 aliphatic rings. The smallest absolute Gasteiger partial charge is 0.337 e. The minimum Gasteiger partial charge on any atom is -0.493 e. The largest absolute Gasteiger partial charge is 0.493 e. The van der Waals surface area contributed by atoms with Crippen LogP contribution in [0.2, 0.25) is 0 Å². The highest BCUT2D eigenvalue weighted by molar-refractivity contribution is 5.89. The van der Waals surface area contributed by atoms with Crippen LogP contribution in [0.1, 0.15) is 18.9 Å². The fourth-order valence-electron chi connectivity index (χ4n) is 2.94. The Hall–Kier alpha value is -2.81. The maximum Gasteiger partial charge on any atom is 0.337 e. The Morgan fingerprint density at radius 3 is 2.57 bits per heavy atom. The first-order valence-electron chi connectivity index (χ1n) is 8.90. The van der Waals surface area contributed by atoms with Gasteiger partial charge < -0.3 is 29.9 Å². The van der Waals surface area contributed by atoms with Crippen molar-refractivity contribution in [2.75, 3.05) is 33.9 Å². The average molecular weight is 394 g/mol. The third kappa shape index (κ3) is 5.13. The van der Waals surface area contributed by atoms with Gasteiger partial charge in [-0.25, -0.2) is 4.79 Å². The van der Waals surface area contributed by atoms with E-state index in [9.17, 15) is 19.5 Å². The van der Waals surface area contributed by atoms with Gasteiger partial charge in [-0.2, -0.15) is 0 Å². The van der Waals surface area contributed by atoms with Crippen molar-refractivity contribution in [2.45, 2.75) is 25.4 Å². The van der Waals surface area contributed by atoms with Crippen LogP contribution in [0.5, 0.6) is 11.5 Å². The second-order valence-corrected chi connectivity index (χ2v) is 6.98. The van der Waals surface area contributed by atoms with Crippen LogP contribution in [0.25, 0.3) is 0 Å². The molecule has 0 radical (unpaired) electrons. The van der Waals surface area contributed by atoms with Gasteiger partial charge in [0.1, 0.15) is 0 Å². The normalized spacial score (nSPS) is 18.5. The van der Waals surface area contributed by atoms with Crippen LogP contribution in [0, 0.1) is 5.92 Å². The molecule has 1 aromatic rings. The molecule has 1 fully saturated rings. The number of ether oxygens (including phenoxy) is 2. The highest BCUT2D eigenvalue weighted by Crippen LogP contribution is 2.28. The molecule has 3 N–H and O–H groups in total. The maximum absolute atomic E-state index is 12.2. The molecule has 9 heteroatoms. The van der Waals surface area contributed by atoms with Crippen molar-refractivity contribution in [3.8, 4) is 11.5 Å². The van der Waals surface area contributed by atoms with Crippen LogP contribution in [-0.2, 0) is 20.8 Å². The maximum atomic E-state index is 12.2. The molecule has 1 aliphatic heterocycles. The molecule has 0 aromatic heterocycles. The molecule has 2 atom stereocenters. The summed E-state index contributed by atoms with van der Waals surface area (Å²) in [7, 11) is 3.11. The van der Waals surface area contributed by atoms with E-state index >= 15 is 0 Å². The third-order valence-corrected chi connectivity index (χ3v) is 4.77. The summed E-state index contributed by atoms with van der Waals surface area (Å²) in [4.78, 5) is 36.9. The van der Waals surface area contributed by atoms with Gasteiger partial charge in [0.25, 0.3) is 0 Å². The second kappa shape index (κ2) is 8.92. The molecule has 2 amide bonds. The van der Waals surface area contributed by atoms with Crippen LogP contribution in [-0.4, -0.2) is 72.4 Å². The van der Waals surface area contributed by atoms with E-state index in [1.807, 2.05) is 12.1 Å². The molecule has 9 nitrogen and oxygen atoms in total. The zero-order valence-electron chi connectivity index (χ0n) is 16.2. The number of nitrogens with zero attached hydrogens (tertiary/aromatic N) is 1. The van der Waals surface area contributed by atoms with Gasteiger partial charge in [-0.1, -0.05) is 6.07 Å². The Labute approximate surface area is 163 Å². The number of carbonyl (C=O) groups excluding carboxylic acids is 2. The lowest BCUT2D eigenvalue weighted by Crippen LogP contribution is -2.48. The van der Waals surface area contributed by atoms with Crippen molar-refractivity contribution in [1.29, 1.82) is 0 Å². The number of carboxylic acids is 1. The molecule has 0 bridgehead atoms. The predicted octanol–water partition coefficient (Wildman–Crippen LogP) is 0.0466. The first-order chi connectivity index (χ1) is 13.2. The van der Waals surface area contributed by atoms with E-state index in [-0.39, 0.29) is 18.9 Å². The minimum absolute atomic E-state index is 0.0625. The Morgan fingerprint density at radius 2 is 1.96 bits per heavy atom. The number of methoxy groups -OCH3 is 2. The van der Waals surface area contributed by atoms with Gasteiger partial charge in [0.15, 0.2) is 17.1 Å². The number of nitrogens with one attached hydrogen (secondary N) is 1. The Kier molecular flexibility index (Phi) is 6.85. The summed E-state index contributed by atoms with van der Waals surface area (Å²) in [6.45, 7) is 1.39. The quantitative estimate of drug-likeness (QED) is 0.540. The molecular weight excluding hydrogens is 368 g/mol. The van der Waals surface area contributed by atoms with E-state index in [1.165, 1.54) is 0 Å². The first-order valence-corrected chi connectivity index (χ1v) is 8.90. The fourth-order valence-corrected chi connectivity index (χ4v) is 2.94. The molecule has 1 saturated heterocycles. The average Bonchev–Trinajstić information content (AvgIpc) is 3.04. The lowest BCUT2D eigenvalue weighted by atomic mass is 10.1. The van der Waals surface area contributed by atoms with Gasteiger partial charge in [0.2, 0.25) is 11.8 Å². The van der Waals surface area contributed by atoms with E-state index in [1.54, 1.807) is 25.2 Å². The molecule has 2 unspecified atom stereocenters. The van der Waals surface area contributed by atoms with Crippen molar-refractivity contribution in [1.82, 2.24) is 10.2 Å². The number of hydrogen-bond acceptors (Lipinski definition) is 6. The number of aliphatic hydroxyl groups is 1. The molecule has 1 heterocycles. The van der Waals surface area contributed by atoms with Crippen LogP contribution in [0.4, 0.5) is 0 Å². The van der Waals surface area contributed by atoms with Crippen LogP contribution in [0.15, 0.2) is 18.2 Å². The monoisotopic (exact) mass is 394 g/mol. The van der Waals surface area contributed by atoms with Crippen molar-refractivity contribution >= 4 is 17.8 Å². The summed E-state index contributed by atoms with van der Waals surface area (Å²) in [5.74, 6) is -1.34. The molecule has 28 heavy (non-hydrogen) atoms.